The van der Waals surface area contributed by atoms with Gasteiger partial charge in [-0.3, -0.25) is 5.26 Å². The molecule has 0 aromatic carbocycles. The van der Waals surface area contributed by atoms with E-state index in [0.29, 0.717) is 18.9 Å². The van der Waals surface area contributed by atoms with Crippen molar-refractivity contribution in [2.24, 2.45) is 0 Å². The highest BCUT2D eigenvalue weighted by Crippen LogP contribution is 2.11. The summed E-state index contributed by atoms with van der Waals surface area (Å²) in [6.07, 6.45) is 5.04. The lowest BCUT2D eigenvalue weighted by Crippen LogP contribution is -1.96. The molecule has 0 aromatic rings. The maximum Gasteiger partial charge on any atom is 0.143 e. The minimum Gasteiger partial charge on any atom is -0.251 e. The van der Waals surface area contributed by atoms with Crippen LogP contribution in [0.15, 0.2) is 25.3 Å². The van der Waals surface area contributed by atoms with Crippen LogP contribution >= 0.6 is 0 Å². The first kappa shape index (κ1) is 8.40. The van der Waals surface area contributed by atoms with Gasteiger partial charge in [0.05, 0.1) is 0 Å². The highest BCUT2D eigenvalue weighted by atomic mass is 17.1. The fourth-order valence-electron chi connectivity index (χ4n) is 0.480. The lowest BCUT2D eigenvalue weighted by atomic mass is 10.2. The minimum absolute atomic E-state index is 0.569. The molecular formula is C7H11O2. The van der Waals surface area contributed by atoms with Crippen molar-refractivity contribution in [3.8, 4) is 0 Å². The molecule has 0 fully saturated rings. The second kappa shape index (κ2) is 5.54. The lowest BCUT2D eigenvalue weighted by molar-refractivity contribution is -0.234. The van der Waals surface area contributed by atoms with Gasteiger partial charge in [-0.25, -0.2) is 4.89 Å². The van der Waals surface area contributed by atoms with Crippen molar-refractivity contribution in [3.05, 3.63) is 31.4 Å². The van der Waals surface area contributed by atoms with Crippen LogP contribution in [0.5, 0.6) is 0 Å². The Balaban J connectivity index is 3.39. The van der Waals surface area contributed by atoms with Gasteiger partial charge in [0.15, 0.2) is 0 Å². The van der Waals surface area contributed by atoms with Crippen LogP contribution in [0.25, 0.3) is 0 Å². The summed E-state index contributed by atoms with van der Waals surface area (Å²) >= 11 is 0. The molecule has 0 aliphatic carbocycles. The molecular weight excluding hydrogens is 116 g/mol. The first-order valence-electron chi connectivity index (χ1n) is 2.73. The van der Waals surface area contributed by atoms with E-state index < -0.39 is 0 Å². The molecule has 0 aliphatic rings. The van der Waals surface area contributed by atoms with Gasteiger partial charge >= 0.3 is 0 Å². The lowest BCUT2D eigenvalue weighted by Gasteiger charge is -2.04. The molecule has 0 heterocycles. The van der Waals surface area contributed by atoms with E-state index in [4.69, 9.17) is 5.26 Å². The van der Waals surface area contributed by atoms with Crippen molar-refractivity contribution in [2.75, 3.05) is 0 Å². The molecule has 0 amide bonds. The summed E-state index contributed by atoms with van der Waals surface area (Å²) in [7, 11) is 0. The second-order valence-corrected chi connectivity index (χ2v) is 1.62. The average molecular weight is 127 g/mol. The maximum atomic E-state index is 8.16. The molecule has 2 nitrogen and oxygen atoms in total. The zero-order valence-corrected chi connectivity index (χ0v) is 5.34. The summed E-state index contributed by atoms with van der Waals surface area (Å²) in [5.74, 6) is 0. The molecule has 0 spiro atoms. The smallest absolute Gasteiger partial charge is 0.143 e. The molecule has 9 heavy (non-hydrogen) atoms. The minimum atomic E-state index is 0.569. The first-order valence-corrected chi connectivity index (χ1v) is 2.73. The van der Waals surface area contributed by atoms with Gasteiger partial charge in [-0.2, -0.15) is 0 Å². The fraction of sp³-hybridized carbons (Fsp3) is 0.286. The molecule has 0 unspecified atom stereocenters. The summed E-state index contributed by atoms with van der Waals surface area (Å²) in [6.45, 7) is 6.97. The Morgan fingerprint density at radius 1 is 1.33 bits per heavy atom. The van der Waals surface area contributed by atoms with Crippen LogP contribution in [0.1, 0.15) is 12.8 Å². The van der Waals surface area contributed by atoms with E-state index in [2.05, 4.69) is 18.0 Å². The Morgan fingerprint density at radius 3 is 2.00 bits per heavy atom. The van der Waals surface area contributed by atoms with Crippen LogP contribution in [0.4, 0.5) is 0 Å². The van der Waals surface area contributed by atoms with Gasteiger partial charge in [0, 0.05) is 12.8 Å². The zero-order chi connectivity index (χ0) is 7.11. The van der Waals surface area contributed by atoms with Crippen LogP contribution in [0, 0.1) is 6.10 Å². The largest absolute Gasteiger partial charge is 0.251 e. The number of rotatable bonds is 5. The van der Waals surface area contributed by atoms with E-state index in [1.807, 2.05) is 0 Å². The average Bonchev–Trinajstić information content (AvgIpc) is 1.88. The molecule has 0 bridgehead atoms. The standard InChI is InChI=1S/C7H11O2/c1-3-5-7(9-8)6-4-2/h3-4,8H,1-2,5-6H2. The second-order valence-electron chi connectivity index (χ2n) is 1.62. The van der Waals surface area contributed by atoms with Gasteiger partial charge < -0.3 is 0 Å². The molecule has 0 atom stereocenters. The molecule has 0 saturated carbocycles. The quantitative estimate of drug-likeness (QED) is 0.348. The summed E-state index contributed by atoms with van der Waals surface area (Å²) < 4.78 is 0. The molecule has 0 rings (SSSR count). The van der Waals surface area contributed by atoms with Gasteiger partial charge in [-0.15, -0.1) is 13.2 Å². The monoisotopic (exact) mass is 127 g/mol. The van der Waals surface area contributed by atoms with Crippen LogP contribution in [0.2, 0.25) is 0 Å². The Kier molecular flexibility index (Phi) is 5.17. The van der Waals surface area contributed by atoms with Crippen molar-refractivity contribution >= 4 is 0 Å². The van der Waals surface area contributed by atoms with E-state index in [-0.39, 0.29) is 0 Å². The van der Waals surface area contributed by atoms with Crippen molar-refractivity contribution < 1.29 is 10.1 Å². The van der Waals surface area contributed by atoms with E-state index in [9.17, 15) is 0 Å². The van der Waals surface area contributed by atoms with Gasteiger partial charge in [-0.05, 0) is 0 Å². The predicted molar refractivity (Wildman–Crippen MR) is 36.6 cm³/mol. The number of hydrogen-bond donors (Lipinski definition) is 1. The Morgan fingerprint density at radius 2 is 1.78 bits per heavy atom. The fourth-order valence-corrected chi connectivity index (χ4v) is 0.480. The van der Waals surface area contributed by atoms with E-state index in [0.717, 1.165) is 0 Å². The van der Waals surface area contributed by atoms with Gasteiger partial charge in [-0.1, -0.05) is 12.2 Å². The third-order valence-electron chi connectivity index (χ3n) is 0.873. The molecule has 51 valence electrons. The molecule has 0 aromatic heterocycles. The van der Waals surface area contributed by atoms with Crippen LogP contribution in [-0.2, 0) is 4.89 Å². The van der Waals surface area contributed by atoms with E-state index in [1.165, 1.54) is 0 Å². The van der Waals surface area contributed by atoms with Crippen molar-refractivity contribution in [1.82, 2.24) is 0 Å². The molecule has 1 N–H and O–H groups in total. The van der Waals surface area contributed by atoms with Crippen LogP contribution < -0.4 is 0 Å². The van der Waals surface area contributed by atoms with Gasteiger partial charge in [0.2, 0.25) is 0 Å². The SMILES string of the molecule is C=CC[C](CC=C)OO. The molecule has 2 heteroatoms. The summed E-state index contributed by atoms with van der Waals surface area (Å²) in [5, 5.41) is 8.16. The summed E-state index contributed by atoms with van der Waals surface area (Å²) in [5.41, 5.74) is 0. The Hall–Kier alpha value is -0.600. The summed E-state index contributed by atoms with van der Waals surface area (Å²) in [6, 6.07) is 0. The maximum absolute atomic E-state index is 8.16. The normalized spacial score (nSPS) is 9.56. The molecule has 0 aliphatic heterocycles. The predicted octanol–water partition coefficient (Wildman–Crippen LogP) is 2.16. The molecule has 1 radical (unpaired) electrons. The topological polar surface area (TPSA) is 29.5 Å². The van der Waals surface area contributed by atoms with Crippen molar-refractivity contribution in [3.63, 3.8) is 0 Å². The third kappa shape index (κ3) is 3.94. The van der Waals surface area contributed by atoms with Crippen LogP contribution in [-0.4, -0.2) is 5.26 Å². The van der Waals surface area contributed by atoms with E-state index >= 15 is 0 Å². The first-order chi connectivity index (χ1) is 4.35. The van der Waals surface area contributed by atoms with Crippen molar-refractivity contribution in [2.45, 2.75) is 12.8 Å². The van der Waals surface area contributed by atoms with Gasteiger partial charge in [0.25, 0.3) is 0 Å². The van der Waals surface area contributed by atoms with Gasteiger partial charge in [0.1, 0.15) is 6.10 Å². The third-order valence-corrected chi connectivity index (χ3v) is 0.873. The molecule has 0 saturated heterocycles. The summed E-state index contributed by atoms with van der Waals surface area (Å²) in [4.78, 5) is 4.01. The Labute approximate surface area is 55.4 Å². The number of hydrogen-bond acceptors (Lipinski definition) is 2. The highest BCUT2D eigenvalue weighted by Gasteiger charge is 2.03. The van der Waals surface area contributed by atoms with Crippen LogP contribution in [0.3, 0.4) is 0 Å². The van der Waals surface area contributed by atoms with Crippen molar-refractivity contribution in [1.29, 1.82) is 0 Å². The zero-order valence-electron chi connectivity index (χ0n) is 5.34. The Bertz CT molecular complexity index is 78.9. The van der Waals surface area contributed by atoms with E-state index in [1.54, 1.807) is 12.2 Å². The highest BCUT2D eigenvalue weighted by molar-refractivity contribution is 4.91.